The third-order valence-corrected chi connectivity index (χ3v) is 6.77. The first-order valence-corrected chi connectivity index (χ1v) is 12.3. The Labute approximate surface area is 199 Å². The number of nitrogens with zero attached hydrogens (tertiary/aromatic N) is 2. The third kappa shape index (κ3) is 6.81. The molecule has 0 bridgehead atoms. The zero-order valence-corrected chi connectivity index (χ0v) is 20.3. The molecule has 0 spiro atoms. The molecular formula is C25H33N3O4S. The highest BCUT2D eigenvalue weighted by atomic mass is 32.1. The van der Waals surface area contributed by atoms with Gasteiger partial charge in [0.15, 0.2) is 11.5 Å². The van der Waals surface area contributed by atoms with Crippen LogP contribution in [0.25, 0.3) is 0 Å². The summed E-state index contributed by atoms with van der Waals surface area (Å²) in [4.78, 5) is 32.9. The molecule has 1 fully saturated rings. The molecule has 7 nitrogen and oxygen atoms in total. The summed E-state index contributed by atoms with van der Waals surface area (Å²) < 4.78 is 11.5. The predicted molar refractivity (Wildman–Crippen MR) is 130 cm³/mol. The van der Waals surface area contributed by atoms with Crippen molar-refractivity contribution >= 4 is 23.2 Å². The maximum Gasteiger partial charge on any atom is 0.242 e. The Morgan fingerprint density at radius 1 is 1.36 bits per heavy atom. The Bertz CT molecular complexity index is 959. The molecule has 1 aromatic heterocycles. The zero-order chi connectivity index (χ0) is 23.6. The van der Waals surface area contributed by atoms with E-state index in [0.29, 0.717) is 50.5 Å². The zero-order valence-electron chi connectivity index (χ0n) is 19.5. The smallest absolute Gasteiger partial charge is 0.242 e. The number of carbonyl (C=O) groups is 2. The van der Waals surface area contributed by atoms with Crippen LogP contribution in [0.3, 0.4) is 0 Å². The van der Waals surface area contributed by atoms with Gasteiger partial charge in [-0.25, -0.2) is 4.98 Å². The van der Waals surface area contributed by atoms with E-state index in [1.54, 1.807) is 29.4 Å². The van der Waals surface area contributed by atoms with E-state index in [9.17, 15) is 9.59 Å². The molecule has 3 rings (SSSR count). The topological polar surface area (TPSA) is 80.8 Å². The van der Waals surface area contributed by atoms with Crippen LogP contribution in [0.1, 0.15) is 48.2 Å². The van der Waals surface area contributed by atoms with Crippen molar-refractivity contribution in [3.05, 3.63) is 52.5 Å². The fourth-order valence-electron chi connectivity index (χ4n) is 3.91. The number of aromatic nitrogens is 1. The van der Waals surface area contributed by atoms with Crippen molar-refractivity contribution in [2.24, 2.45) is 0 Å². The minimum Gasteiger partial charge on any atom is -0.493 e. The average molecular weight is 472 g/mol. The molecule has 1 atom stereocenters. The fourth-order valence-corrected chi connectivity index (χ4v) is 4.67. The fraction of sp³-hybridized carbons (Fsp3) is 0.480. The number of methoxy groups -OCH3 is 1. The molecule has 8 heteroatoms. The van der Waals surface area contributed by atoms with Gasteiger partial charge < -0.3 is 19.7 Å². The van der Waals surface area contributed by atoms with E-state index in [0.717, 1.165) is 30.5 Å². The highest BCUT2D eigenvalue weighted by Crippen LogP contribution is 2.30. The van der Waals surface area contributed by atoms with E-state index in [2.05, 4.69) is 16.9 Å². The molecule has 178 valence electrons. The molecule has 2 heterocycles. The molecule has 1 aromatic carbocycles. The van der Waals surface area contributed by atoms with Crippen molar-refractivity contribution in [2.45, 2.75) is 58.0 Å². The van der Waals surface area contributed by atoms with Gasteiger partial charge in [0, 0.05) is 30.8 Å². The first-order valence-electron chi connectivity index (χ1n) is 11.4. The van der Waals surface area contributed by atoms with Crippen molar-refractivity contribution in [3.63, 3.8) is 0 Å². The Balaban J connectivity index is 1.73. The van der Waals surface area contributed by atoms with Crippen LogP contribution in [0.15, 0.2) is 36.4 Å². The molecule has 0 radical (unpaired) electrons. The average Bonchev–Trinajstić information content (AvgIpc) is 3.11. The lowest BCUT2D eigenvalue weighted by molar-refractivity contribution is -0.141. The maximum atomic E-state index is 13.0. The van der Waals surface area contributed by atoms with Gasteiger partial charge in [-0.2, -0.15) is 0 Å². The van der Waals surface area contributed by atoms with Gasteiger partial charge in [0.2, 0.25) is 11.8 Å². The summed E-state index contributed by atoms with van der Waals surface area (Å²) in [6.07, 6.45) is 5.93. The van der Waals surface area contributed by atoms with Gasteiger partial charge in [-0.3, -0.25) is 9.59 Å². The SMILES string of the molecule is C=CCCC(=O)N(Cc1ccc(OCCc2scnc2C)c(OC)c1)[C@H]1CCCCNC1=O. The molecule has 1 aliphatic heterocycles. The molecule has 0 aliphatic carbocycles. The number of ether oxygens (including phenoxy) is 2. The Kier molecular flexibility index (Phi) is 9.30. The number of amides is 2. The molecule has 2 aromatic rings. The van der Waals surface area contributed by atoms with Crippen molar-refractivity contribution in [1.29, 1.82) is 0 Å². The number of hydrogen-bond donors (Lipinski definition) is 1. The van der Waals surface area contributed by atoms with Gasteiger partial charge in [-0.05, 0) is 50.3 Å². The summed E-state index contributed by atoms with van der Waals surface area (Å²) in [7, 11) is 1.60. The first-order chi connectivity index (χ1) is 16.0. The Morgan fingerprint density at radius 2 is 2.21 bits per heavy atom. The second kappa shape index (κ2) is 12.4. The highest BCUT2D eigenvalue weighted by molar-refractivity contribution is 7.09. The van der Waals surface area contributed by atoms with E-state index in [1.165, 1.54) is 4.88 Å². The van der Waals surface area contributed by atoms with Gasteiger partial charge in [0.05, 0.1) is 24.9 Å². The molecule has 1 aliphatic rings. The van der Waals surface area contributed by atoms with Gasteiger partial charge in [0.1, 0.15) is 6.04 Å². The lowest BCUT2D eigenvalue weighted by atomic mass is 10.1. The lowest BCUT2D eigenvalue weighted by Crippen LogP contribution is -2.48. The highest BCUT2D eigenvalue weighted by Gasteiger charge is 2.30. The minimum absolute atomic E-state index is 0.0452. The number of carbonyl (C=O) groups excluding carboxylic acids is 2. The summed E-state index contributed by atoms with van der Waals surface area (Å²) in [5, 5.41) is 2.94. The van der Waals surface area contributed by atoms with Gasteiger partial charge >= 0.3 is 0 Å². The van der Waals surface area contributed by atoms with Crippen LogP contribution >= 0.6 is 11.3 Å². The maximum absolute atomic E-state index is 13.0. The van der Waals surface area contributed by atoms with Gasteiger partial charge in [0.25, 0.3) is 0 Å². The summed E-state index contributed by atoms with van der Waals surface area (Å²) in [6, 6.07) is 5.22. The molecule has 0 saturated carbocycles. The summed E-state index contributed by atoms with van der Waals surface area (Å²) in [5.41, 5.74) is 3.77. The van der Waals surface area contributed by atoms with Crippen LogP contribution in [-0.2, 0) is 22.6 Å². The quantitative estimate of drug-likeness (QED) is 0.500. The molecular weight excluding hydrogens is 438 g/mol. The number of thiazole rings is 1. The molecule has 33 heavy (non-hydrogen) atoms. The van der Waals surface area contributed by atoms with E-state index < -0.39 is 6.04 Å². The molecule has 0 unspecified atom stereocenters. The van der Waals surface area contributed by atoms with Crippen LogP contribution in [-0.4, -0.2) is 48.0 Å². The molecule has 1 N–H and O–H groups in total. The van der Waals surface area contributed by atoms with E-state index >= 15 is 0 Å². The van der Waals surface area contributed by atoms with Gasteiger partial charge in [-0.15, -0.1) is 17.9 Å². The van der Waals surface area contributed by atoms with Crippen LogP contribution in [0.2, 0.25) is 0 Å². The third-order valence-electron chi connectivity index (χ3n) is 5.78. The first kappa shape index (κ1) is 24.8. The van der Waals surface area contributed by atoms with Crippen LogP contribution < -0.4 is 14.8 Å². The number of allylic oxidation sites excluding steroid dienone is 1. The van der Waals surface area contributed by atoms with Gasteiger partial charge in [-0.1, -0.05) is 12.1 Å². The van der Waals surface area contributed by atoms with Crippen molar-refractivity contribution in [1.82, 2.24) is 15.2 Å². The number of benzene rings is 1. The van der Waals surface area contributed by atoms with E-state index in [1.807, 2.05) is 30.6 Å². The van der Waals surface area contributed by atoms with Crippen LogP contribution in [0.5, 0.6) is 11.5 Å². The lowest BCUT2D eigenvalue weighted by Gasteiger charge is -2.30. The van der Waals surface area contributed by atoms with Crippen molar-refractivity contribution in [3.8, 4) is 11.5 Å². The number of rotatable bonds is 11. The van der Waals surface area contributed by atoms with E-state index in [4.69, 9.17) is 9.47 Å². The Hall–Kier alpha value is -2.87. The minimum atomic E-state index is -0.464. The monoisotopic (exact) mass is 471 g/mol. The van der Waals surface area contributed by atoms with Crippen LogP contribution in [0, 0.1) is 6.92 Å². The molecule has 2 amide bonds. The van der Waals surface area contributed by atoms with Crippen LogP contribution in [0.4, 0.5) is 0 Å². The summed E-state index contributed by atoms with van der Waals surface area (Å²) >= 11 is 1.63. The summed E-state index contributed by atoms with van der Waals surface area (Å²) in [5.74, 6) is 1.14. The number of aryl methyl sites for hydroxylation is 1. The summed E-state index contributed by atoms with van der Waals surface area (Å²) in [6.45, 7) is 7.23. The second-order valence-electron chi connectivity index (χ2n) is 8.10. The van der Waals surface area contributed by atoms with Crippen molar-refractivity contribution < 1.29 is 19.1 Å². The predicted octanol–water partition coefficient (Wildman–Crippen LogP) is 4.05. The normalized spacial score (nSPS) is 15.9. The second-order valence-corrected chi connectivity index (χ2v) is 9.04. The largest absolute Gasteiger partial charge is 0.493 e. The standard InChI is InChI=1S/C25H33N3O4S/c1-4-5-9-24(29)28(20-8-6-7-13-26-25(20)30)16-19-10-11-21(22(15-19)31-3)32-14-12-23-18(2)27-17-33-23/h4,10-11,15,17,20H,1,5-9,12-14,16H2,2-3H3,(H,26,30)/t20-/m0/s1. The number of nitrogens with one attached hydrogen (secondary N) is 1. The van der Waals surface area contributed by atoms with Crippen molar-refractivity contribution in [2.75, 3.05) is 20.3 Å². The Morgan fingerprint density at radius 3 is 2.94 bits per heavy atom. The number of hydrogen-bond acceptors (Lipinski definition) is 6. The molecule has 1 saturated heterocycles. The van der Waals surface area contributed by atoms with E-state index in [-0.39, 0.29) is 11.8 Å².